The predicted octanol–water partition coefficient (Wildman–Crippen LogP) is 4.30. The maximum absolute atomic E-state index is 12.1. The Morgan fingerprint density at radius 1 is 1.38 bits per heavy atom. The minimum absolute atomic E-state index is 0.103. The normalized spacial score (nSPS) is 10.4. The van der Waals surface area contributed by atoms with E-state index in [1.807, 2.05) is 35.7 Å². The molecule has 82 valence electrons. The summed E-state index contributed by atoms with van der Waals surface area (Å²) in [5, 5.41) is 1.93. The van der Waals surface area contributed by atoms with Crippen molar-refractivity contribution >= 4 is 33.0 Å². The van der Waals surface area contributed by atoms with Crippen LogP contribution in [-0.2, 0) is 6.42 Å². The highest BCUT2D eigenvalue weighted by atomic mass is 79.9. The maximum Gasteiger partial charge on any atom is 0.202 e. The number of hydrogen-bond acceptors (Lipinski definition) is 2. The van der Waals surface area contributed by atoms with E-state index in [0.29, 0.717) is 0 Å². The Balaban J connectivity index is 2.33. The molecule has 0 spiro atoms. The Kier molecular flexibility index (Phi) is 3.56. The topological polar surface area (TPSA) is 17.1 Å². The van der Waals surface area contributed by atoms with Crippen molar-refractivity contribution in [3.05, 3.63) is 56.2 Å². The number of benzene rings is 1. The molecule has 0 saturated heterocycles. The van der Waals surface area contributed by atoms with Gasteiger partial charge in [0.05, 0.1) is 4.88 Å². The Labute approximate surface area is 107 Å². The highest BCUT2D eigenvalue weighted by Gasteiger charge is 2.11. The van der Waals surface area contributed by atoms with E-state index in [1.54, 1.807) is 0 Å². The summed E-state index contributed by atoms with van der Waals surface area (Å²) < 4.78 is 0.965. The number of halogens is 1. The van der Waals surface area contributed by atoms with Gasteiger partial charge in [-0.1, -0.05) is 25.1 Å². The van der Waals surface area contributed by atoms with Gasteiger partial charge in [-0.2, -0.15) is 0 Å². The van der Waals surface area contributed by atoms with Crippen LogP contribution in [-0.4, -0.2) is 5.78 Å². The van der Waals surface area contributed by atoms with Crippen molar-refractivity contribution in [1.29, 1.82) is 0 Å². The Hall–Kier alpha value is -0.930. The number of rotatable bonds is 3. The van der Waals surface area contributed by atoms with Crippen LogP contribution in [0.2, 0.25) is 0 Å². The summed E-state index contributed by atoms with van der Waals surface area (Å²) in [6.07, 6.45) is 0.954. The van der Waals surface area contributed by atoms with Crippen molar-refractivity contribution in [2.45, 2.75) is 13.3 Å². The molecule has 16 heavy (non-hydrogen) atoms. The van der Waals surface area contributed by atoms with Crippen molar-refractivity contribution in [2.75, 3.05) is 0 Å². The fourth-order valence-corrected chi connectivity index (χ4v) is 2.90. The van der Waals surface area contributed by atoms with E-state index in [0.717, 1.165) is 21.3 Å². The first-order valence-corrected chi connectivity index (χ1v) is 6.75. The predicted molar refractivity (Wildman–Crippen MR) is 71.3 cm³/mol. The lowest BCUT2D eigenvalue weighted by molar-refractivity contribution is 0.104. The van der Waals surface area contributed by atoms with Crippen LogP contribution >= 0.6 is 27.3 Å². The molecule has 0 aliphatic carbocycles. The maximum atomic E-state index is 12.1. The number of thiophene rings is 1. The molecule has 0 atom stereocenters. The van der Waals surface area contributed by atoms with Crippen LogP contribution in [0.1, 0.15) is 27.7 Å². The third-order valence-electron chi connectivity index (χ3n) is 2.39. The number of hydrogen-bond donors (Lipinski definition) is 0. The lowest BCUT2D eigenvalue weighted by atomic mass is 10.1. The first-order chi connectivity index (χ1) is 7.70. The van der Waals surface area contributed by atoms with Gasteiger partial charge in [0.1, 0.15) is 0 Å². The van der Waals surface area contributed by atoms with Gasteiger partial charge in [0.25, 0.3) is 0 Å². The molecule has 0 aliphatic rings. The van der Waals surface area contributed by atoms with E-state index >= 15 is 0 Å². The summed E-state index contributed by atoms with van der Waals surface area (Å²) in [6, 6.07) is 9.69. The van der Waals surface area contributed by atoms with Crippen molar-refractivity contribution in [3.8, 4) is 0 Å². The monoisotopic (exact) mass is 294 g/mol. The summed E-state index contributed by atoms with van der Waals surface area (Å²) >= 11 is 4.83. The highest BCUT2D eigenvalue weighted by molar-refractivity contribution is 9.10. The molecular weight excluding hydrogens is 284 g/mol. The molecule has 0 bridgehead atoms. The van der Waals surface area contributed by atoms with E-state index in [9.17, 15) is 4.79 Å². The zero-order valence-electron chi connectivity index (χ0n) is 8.87. The number of carbonyl (C=O) groups is 1. The molecule has 1 aromatic heterocycles. The Morgan fingerprint density at radius 3 is 2.81 bits per heavy atom. The molecule has 1 heterocycles. The molecule has 0 fully saturated rings. The summed E-state index contributed by atoms with van der Waals surface area (Å²) in [7, 11) is 0. The van der Waals surface area contributed by atoms with Crippen LogP contribution in [0, 0.1) is 0 Å². The first-order valence-electron chi connectivity index (χ1n) is 5.08. The molecule has 0 radical (unpaired) electrons. The van der Waals surface area contributed by atoms with Crippen molar-refractivity contribution < 1.29 is 4.79 Å². The van der Waals surface area contributed by atoms with Gasteiger partial charge in [-0.05, 0) is 40.0 Å². The summed E-state index contributed by atoms with van der Waals surface area (Å²) in [4.78, 5) is 12.9. The number of aryl methyl sites for hydroxylation is 1. The van der Waals surface area contributed by atoms with E-state index in [1.165, 1.54) is 16.9 Å². The molecule has 0 amide bonds. The third-order valence-corrected chi connectivity index (χ3v) is 4.08. The smallest absolute Gasteiger partial charge is 0.202 e. The lowest BCUT2D eigenvalue weighted by Gasteiger charge is -2.00. The fraction of sp³-hybridized carbons (Fsp3) is 0.154. The van der Waals surface area contributed by atoms with Crippen LogP contribution in [0.5, 0.6) is 0 Å². The second-order valence-electron chi connectivity index (χ2n) is 3.51. The quantitative estimate of drug-likeness (QED) is 0.771. The van der Waals surface area contributed by atoms with Crippen LogP contribution in [0.25, 0.3) is 0 Å². The molecule has 0 N–H and O–H groups in total. The summed E-state index contributed by atoms with van der Waals surface area (Å²) in [5.74, 6) is 0.103. The largest absolute Gasteiger partial charge is 0.288 e. The Bertz CT molecular complexity index is 516. The summed E-state index contributed by atoms with van der Waals surface area (Å²) in [6.45, 7) is 2.09. The molecular formula is C13H11BrOS. The molecule has 1 nitrogen and oxygen atoms in total. The van der Waals surface area contributed by atoms with Gasteiger partial charge >= 0.3 is 0 Å². The molecule has 2 rings (SSSR count). The van der Waals surface area contributed by atoms with Gasteiger partial charge in [0.2, 0.25) is 5.78 Å². The third kappa shape index (κ3) is 2.42. The van der Waals surface area contributed by atoms with E-state index in [-0.39, 0.29) is 5.78 Å². The average Bonchev–Trinajstić information content (AvgIpc) is 2.75. The van der Waals surface area contributed by atoms with Crippen LogP contribution in [0.15, 0.2) is 40.2 Å². The van der Waals surface area contributed by atoms with Gasteiger partial charge in [-0.25, -0.2) is 0 Å². The SMILES string of the molecule is CCc1cccc(C(=O)c2cc(Br)cs2)c1. The van der Waals surface area contributed by atoms with Gasteiger partial charge in [-0.3, -0.25) is 4.79 Å². The van der Waals surface area contributed by atoms with E-state index < -0.39 is 0 Å². The van der Waals surface area contributed by atoms with Crippen LogP contribution < -0.4 is 0 Å². The van der Waals surface area contributed by atoms with Crippen molar-refractivity contribution in [3.63, 3.8) is 0 Å². The molecule has 3 heteroatoms. The summed E-state index contributed by atoms with van der Waals surface area (Å²) in [5.41, 5.74) is 1.97. The van der Waals surface area contributed by atoms with Gasteiger partial charge in [0.15, 0.2) is 0 Å². The first kappa shape index (κ1) is 11.6. The molecule has 2 aromatic rings. The standard InChI is InChI=1S/C13H11BrOS/c1-2-9-4-3-5-10(6-9)13(15)12-7-11(14)8-16-12/h3-8H,2H2,1H3. The highest BCUT2D eigenvalue weighted by Crippen LogP contribution is 2.22. The molecule has 0 aliphatic heterocycles. The number of ketones is 1. The number of carbonyl (C=O) groups excluding carboxylic acids is 1. The lowest BCUT2D eigenvalue weighted by Crippen LogP contribution is -1.99. The van der Waals surface area contributed by atoms with Crippen LogP contribution in [0.3, 0.4) is 0 Å². The molecule has 0 saturated carbocycles. The van der Waals surface area contributed by atoms with Gasteiger partial charge in [-0.15, -0.1) is 11.3 Å². The van der Waals surface area contributed by atoms with E-state index in [2.05, 4.69) is 22.9 Å². The van der Waals surface area contributed by atoms with Crippen LogP contribution in [0.4, 0.5) is 0 Å². The minimum Gasteiger partial charge on any atom is -0.288 e. The van der Waals surface area contributed by atoms with E-state index in [4.69, 9.17) is 0 Å². The molecule has 0 unspecified atom stereocenters. The Morgan fingerprint density at radius 2 is 2.19 bits per heavy atom. The zero-order chi connectivity index (χ0) is 11.5. The minimum atomic E-state index is 0.103. The van der Waals surface area contributed by atoms with Crippen molar-refractivity contribution in [1.82, 2.24) is 0 Å². The average molecular weight is 295 g/mol. The second kappa shape index (κ2) is 4.93. The molecule has 1 aromatic carbocycles. The second-order valence-corrected chi connectivity index (χ2v) is 5.34. The van der Waals surface area contributed by atoms with Gasteiger partial charge in [0, 0.05) is 15.4 Å². The van der Waals surface area contributed by atoms with Crippen molar-refractivity contribution in [2.24, 2.45) is 0 Å². The fourth-order valence-electron chi connectivity index (χ4n) is 1.51. The zero-order valence-corrected chi connectivity index (χ0v) is 11.3. The van der Waals surface area contributed by atoms with Gasteiger partial charge < -0.3 is 0 Å².